The van der Waals surface area contributed by atoms with Crippen LogP contribution in [-0.4, -0.2) is 133 Å². The van der Waals surface area contributed by atoms with Crippen molar-refractivity contribution in [3.05, 3.63) is 71.8 Å². The number of nitrogens with zero attached hydrogens (tertiary/aromatic N) is 2. The number of carbonyl (C=O) groups excluding carboxylic acids is 8. The Morgan fingerprint density at radius 3 is 1.59 bits per heavy atom. The molecule has 68 heavy (non-hydrogen) atoms. The van der Waals surface area contributed by atoms with Crippen LogP contribution in [0.4, 0.5) is 9.59 Å². The minimum atomic E-state index is -1.19. The maximum absolute atomic E-state index is 14.4. The molecule has 4 rings (SSSR count). The molecule has 1 spiro atoms. The van der Waals surface area contributed by atoms with E-state index in [1.807, 2.05) is 74.5 Å². The largest absolute Gasteiger partial charge is 0.462 e. The summed E-state index contributed by atoms with van der Waals surface area (Å²) in [6.45, 7) is 16.0. The first-order chi connectivity index (χ1) is 32.0. The molecule has 7 amide bonds. The zero-order valence-corrected chi connectivity index (χ0v) is 41.2. The molecule has 18 heteroatoms. The van der Waals surface area contributed by atoms with Crippen molar-refractivity contribution < 1.29 is 52.6 Å². The minimum Gasteiger partial charge on any atom is -0.462 e. The van der Waals surface area contributed by atoms with Gasteiger partial charge in [-0.2, -0.15) is 0 Å². The van der Waals surface area contributed by atoms with Gasteiger partial charge in [0, 0.05) is 51.0 Å². The molecule has 2 aliphatic rings. The van der Waals surface area contributed by atoms with Crippen LogP contribution in [0.25, 0.3) is 0 Å². The van der Waals surface area contributed by atoms with Gasteiger partial charge in [-0.1, -0.05) is 74.5 Å². The van der Waals surface area contributed by atoms with Crippen LogP contribution >= 0.6 is 0 Å². The number of hydrogen-bond donors (Lipinski definition) is 5. The molecule has 2 fully saturated rings. The number of benzene rings is 2. The standard InChI is InChI=1S/C50H73N7O11/c1-33(2)28-37(53-41(59)38(29-34-18-12-10-13-19-34)54-42(60)39(30-35-20-14-11-15-21-35)55-47(65)68-49(6,7)8)40(58)52-36(22-16-17-25-51-46(64)67-48(3,4)5)43(61)56-26-23-50(24-27-56)31-57(32-50)44(62)45(63)66-9/h10-15,18-21,33,36-39H,16-17,22-32H2,1-9H3,(H,51,64)(H,52,58)(H,53,59)(H,54,60)(H,55,65)/t36-,37-,38-,39-/m1/s1. The van der Waals surface area contributed by atoms with Gasteiger partial charge >= 0.3 is 24.1 Å². The summed E-state index contributed by atoms with van der Waals surface area (Å²) in [7, 11) is 1.16. The molecule has 2 aliphatic heterocycles. The molecular weight excluding hydrogens is 875 g/mol. The highest BCUT2D eigenvalue weighted by atomic mass is 16.6. The number of piperidine rings is 1. The summed E-state index contributed by atoms with van der Waals surface area (Å²) in [4.78, 5) is 110. The number of methoxy groups -OCH3 is 1. The highest BCUT2D eigenvalue weighted by Gasteiger charge is 2.49. The molecule has 2 aromatic rings. The van der Waals surface area contributed by atoms with Crippen LogP contribution in [0.15, 0.2) is 60.7 Å². The third-order valence-electron chi connectivity index (χ3n) is 11.6. The topological polar surface area (TPSA) is 231 Å². The quantitative estimate of drug-likeness (QED) is 0.0581. The Balaban J connectivity index is 1.53. The second-order valence-electron chi connectivity index (χ2n) is 20.3. The molecule has 2 aromatic carbocycles. The second kappa shape index (κ2) is 24.7. The van der Waals surface area contributed by atoms with Crippen LogP contribution in [0, 0.1) is 11.3 Å². The highest BCUT2D eigenvalue weighted by Crippen LogP contribution is 2.40. The Morgan fingerprint density at radius 1 is 0.618 bits per heavy atom. The van der Waals surface area contributed by atoms with Gasteiger partial charge < -0.3 is 50.6 Å². The highest BCUT2D eigenvalue weighted by molar-refractivity contribution is 6.32. The van der Waals surface area contributed by atoms with E-state index in [-0.39, 0.29) is 49.5 Å². The van der Waals surface area contributed by atoms with Crippen LogP contribution in [0.5, 0.6) is 0 Å². The van der Waals surface area contributed by atoms with E-state index in [9.17, 15) is 38.4 Å². The molecule has 2 saturated heterocycles. The van der Waals surface area contributed by atoms with Gasteiger partial charge in [0.15, 0.2) is 0 Å². The zero-order chi connectivity index (χ0) is 50.2. The molecule has 0 saturated carbocycles. The van der Waals surface area contributed by atoms with Crippen LogP contribution in [0.2, 0.25) is 0 Å². The summed E-state index contributed by atoms with van der Waals surface area (Å²) in [6, 6.07) is 13.8. The van der Waals surface area contributed by atoms with E-state index in [1.165, 1.54) is 4.90 Å². The fourth-order valence-corrected chi connectivity index (χ4v) is 8.18. The van der Waals surface area contributed by atoms with Gasteiger partial charge in [0.05, 0.1) is 7.11 Å². The molecule has 0 aliphatic carbocycles. The monoisotopic (exact) mass is 948 g/mol. The smallest absolute Gasteiger partial charge is 0.408 e. The van der Waals surface area contributed by atoms with Gasteiger partial charge in [0.1, 0.15) is 35.4 Å². The number of likely N-dealkylation sites (tertiary alicyclic amines) is 2. The normalized spacial score (nSPS) is 16.2. The lowest BCUT2D eigenvalue weighted by molar-refractivity contribution is -0.167. The summed E-state index contributed by atoms with van der Waals surface area (Å²) in [6.07, 6.45) is 1.32. The van der Waals surface area contributed by atoms with Gasteiger partial charge in [0.2, 0.25) is 23.6 Å². The summed E-state index contributed by atoms with van der Waals surface area (Å²) >= 11 is 0. The maximum Gasteiger partial charge on any atom is 0.408 e. The van der Waals surface area contributed by atoms with Crippen molar-refractivity contribution >= 4 is 47.7 Å². The van der Waals surface area contributed by atoms with Gasteiger partial charge in [-0.05, 0) is 97.1 Å². The van der Waals surface area contributed by atoms with Gasteiger partial charge in [-0.3, -0.25) is 24.0 Å². The summed E-state index contributed by atoms with van der Waals surface area (Å²) in [5, 5.41) is 14.1. The molecular formula is C50H73N7O11. The number of ether oxygens (including phenoxy) is 3. The molecule has 4 atom stereocenters. The molecule has 0 unspecified atom stereocenters. The third kappa shape index (κ3) is 17.8. The van der Waals surface area contributed by atoms with E-state index in [0.29, 0.717) is 51.9 Å². The Hall–Kier alpha value is -6.20. The lowest BCUT2D eigenvalue weighted by atomic mass is 9.72. The molecule has 0 bridgehead atoms. The average molecular weight is 948 g/mol. The Labute approximate surface area is 400 Å². The van der Waals surface area contributed by atoms with Crippen molar-refractivity contribution in [1.29, 1.82) is 0 Å². The lowest BCUT2D eigenvalue weighted by Gasteiger charge is -2.53. The van der Waals surface area contributed by atoms with Crippen molar-refractivity contribution in [3.8, 4) is 0 Å². The van der Waals surface area contributed by atoms with E-state index >= 15 is 0 Å². The summed E-state index contributed by atoms with van der Waals surface area (Å²) in [5.74, 6) is -3.87. The van der Waals surface area contributed by atoms with Gasteiger partial charge in [-0.15, -0.1) is 0 Å². The Kier molecular flexibility index (Phi) is 19.8. The number of hydrogen-bond acceptors (Lipinski definition) is 11. The van der Waals surface area contributed by atoms with E-state index in [0.717, 1.165) is 18.2 Å². The van der Waals surface area contributed by atoms with Gasteiger partial charge in [-0.25, -0.2) is 14.4 Å². The van der Waals surface area contributed by atoms with Crippen LogP contribution < -0.4 is 26.6 Å². The predicted molar refractivity (Wildman–Crippen MR) is 254 cm³/mol. The number of amides is 7. The van der Waals surface area contributed by atoms with Crippen molar-refractivity contribution in [3.63, 3.8) is 0 Å². The molecule has 5 N–H and O–H groups in total. The number of carbonyl (C=O) groups is 8. The summed E-state index contributed by atoms with van der Waals surface area (Å²) < 4.78 is 15.4. The number of rotatable bonds is 19. The van der Waals surface area contributed by atoms with Crippen molar-refractivity contribution in [2.75, 3.05) is 39.8 Å². The molecule has 18 nitrogen and oxygen atoms in total. The molecule has 374 valence electrons. The molecule has 0 aromatic heterocycles. The maximum atomic E-state index is 14.4. The SMILES string of the molecule is COC(=O)C(=O)N1CC2(CCN(C(=O)[C@@H](CCCCNC(=O)OC(C)(C)C)NC(=O)[C@@H](CC(C)C)NC(=O)[C@@H](Cc3ccccc3)NC(=O)[C@@H](Cc3ccccc3)NC(=O)OC(C)(C)C)CC2)C1. The number of nitrogens with one attached hydrogen (secondary N) is 5. The van der Waals surface area contributed by atoms with E-state index < -0.39 is 77.2 Å². The fourth-order valence-electron chi connectivity index (χ4n) is 8.18. The fraction of sp³-hybridized carbons (Fsp3) is 0.600. The lowest BCUT2D eigenvalue weighted by Crippen LogP contribution is -2.64. The number of esters is 1. The first-order valence-corrected chi connectivity index (χ1v) is 23.6. The molecule has 2 heterocycles. The van der Waals surface area contributed by atoms with Gasteiger partial charge in [0.25, 0.3) is 0 Å². The van der Waals surface area contributed by atoms with Crippen LogP contribution in [0.3, 0.4) is 0 Å². The second-order valence-corrected chi connectivity index (χ2v) is 20.3. The Bertz CT molecular complexity index is 2040. The van der Waals surface area contributed by atoms with Crippen molar-refractivity contribution in [2.45, 2.75) is 142 Å². The summed E-state index contributed by atoms with van der Waals surface area (Å²) in [5.41, 5.74) is -0.258. The predicted octanol–water partition coefficient (Wildman–Crippen LogP) is 4.18. The molecule has 0 radical (unpaired) electrons. The van der Waals surface area contributed by atoms with E-state index in [2.05, 4.69) is 31.3 Å². The first kappa shape index (κ1) is 54.4. The van der Waals surface area contributed by atoms with Crippen LogP contribution in [0.1, 0.15) is 105 Å². The Morgan fingerprint density at radius 2 is 1.09 bits per heavy atom. The van der Waals surface area contributed by atoms with E-state index in [1.54, 1.807) is 46.4 Å². The van der Waals surface area contributed by atoms with E-state index in [4.69, 9.17) is 9.47 Å². The minimum absolute atomic E-state index is 0.0580. The van der Waals surface area contributed by atoms with Crippen molar-refractivity contribution in [2.24, 2.45) is 11.3 Å². The number of alkyl carbamates (subject to hydrolysis) is 2. The number of unbranched alkanes of at least 4 members (excludes halogenated alkanes) is 1. The van der Waals surface area contributed by atoms with Crippen LogP contribution in [-0.2, 0) is 55.8 Å². The average Bonchev–Trinajstić information content (AvgIpc) is 3.25. The third-order valence-corrected chi connectivity index (χ3v) is 11.6. The first-order valence-electron chi connectivity index (χ1n) is 23.6. The van der Waals surface area contributed by atoms with Crippen molar-refractivity contribution in [1.82, 2.24) is 36.4 Å². The zero-order valence-electron chi connectivity index (χ0n) is 41.2.